The second kappa shape index (κ2) is 11.0. The lowest BCUT2D eigenvalue weighted by molar-refractivity contribution is -0.151. The quantitative estimate of drug-likeness (QED) is 0.667. The Bertz CT molecular complexity index is 841. The van der Waals surface area contributed by atoms with Gasteiger partial charge in [-0.25, -0.2) is 4.79 Å². The van der Waals surface area contributed by atoms with E-state index in [-0.39, 0.29) is 18.6 Å². The molecule has 31 heavy (non-hydrogen) atoms. The highest BCUT2D eigenvalue weighted by Gasteiger charge is 2.39. The van der Waals surface area contributed by atoms with Gasteiger partial charge in [0.25, 0.3) is 0 Å². The SMILES string of the molecule is C[C@@H]1CCC[C@H](N(C(=O)OCc2ccccc2)[C@H](Cc2ccccc2)C(=O)N(C)C)O1. The lowest BCUT2D eigenvalue weighted by atomic mass is 10.0. The molecule has 0 spiro atoms. The summed E-state index contributed by atoms with van der Waals surface area (Å²) >= 11 is 0. The average Bonchev–Trinajstić information content (AvgIpc) is 2.78. The molecule has 1 aliphatic rings. The Morgan fingerprint density at radius 1 is 1.00 bits per heavy atom. The summed E-state index contributed by atoms with van der Waals surface area (Å²) in [6, 6.07) is 18.6. The van der Waals surface area contributed by atoms with Crippen molar-refractivity contribution in [2.75, 3.05) is 14.1 Å². The molecule has 1 aliphatic heterocycles. The van der Waals surface area contributed by atoms with E-state index in [2.05, 4.69) is 0 Å². The number of carbonyl (C=O) groups excluding carboxylic acids is 2. The number of hydrogen-bond acceptors (Lipinski definition) is 4. The van der Waals surface area contributed by atoms with Gasteiger partial charge in [0.15, 0.2) is 0 Å². The molecule has 0 unspecified atom stereocenters. The molecule has 0 aliphatic carbocycles. The van der Waals surface area contributed by atoms with Crippen molar-refractivity contribution in [3.8, 4) is 0 Å². The summed E-state index contributed by atoms with van der Waals surface area (Å²) in [5.41, 5.74) is 1.87. The molecule has 3 rings (SSSR count). The molecule has 3 atom stereocenters. The van der Waals surface area contributed by atoms with E-state index in [9.17, 15) is 9.59 Å². The maximum Gasteiger partial charge on any atom is 0.412 e. The van der Waals surface area contributed by atoms with Gasteiger partial charge >= 0.3 is 6.09 Å². The van der Waals surface area contributed by atoms with E-state index in [0.29, 0.717) is 12.8 Å². The van der Waals surface area contributed by atoms with E-state index in [0.717, 1.165) is 24.0 Å². The molecule has 6 heteroatoms. The van der Waals surface area contributed by atoms with Crippen molar-refractivity contribution in [3.63, 3.8) is 0 Å². The molecule has 1 fully saturated rings. The average molecular weight is 425 g/mol. The Morgan fingerprint density at radius 2 is 1.61 bits per heavy atom. The zero-order valence-corrected chi connectivity index (χ0v) is 18.6. The molecular formula is C25H32N2O4. The lowest BCUT2D eigenvalue weighted by Gasteiger charge is -2.40. The summed E-state index contributed by atoms with van der Waals surface area (Å²) in [5.74, 6) is -0.151. The maximum atomic E-state index is 13.3. The van der Waals surface area contributed by atoms with Crippen molar-refractivity contribution >= 4 is 12.0 Å². The van der Waals surface area contributed by atoms with E-state index >= 15 is 0 Å². The van der Waals surface area contributed by atoms with Crippen LogP contribution in [-0.4, -0.2) is 54.3 Å². The highest BCUT2D eigenvalue weighted by Crippen LogP contribution is 2.26. The summed E-state index contributed by atoms with van der Waals surface area (Å²) in [4.78, 5) is 29.6. The van der Waals surface area contributed by atoms with Gasteiger partial charge in [0.1, 0.15) is 18.9 Å². The smallest absolute Gasteiger partial charge is 0.412 e. The van der Waals surface area contributed by atoms with Gasteiger partial charge in [-0.2, -0.15) is 0 Å². The van der Waals surface area contributed by atoms with Crippen molar-refractivity contribution in [3.05, 3.63) is 71.8 Å². The van der Waals surface area contributed by atoms with E-state index < -0.39 is 18.4 Å². The Labute approximate surface area is 184 Å². The van der Waals surface area contributed by atoms with Crippen molar-refractivity contribution in [1.82, 2.24) is 9.80 Å². The van der Waals surface area contributed by atoms with Gasteiger partial charge in [0.05, 0.1) is 6.10 Å². The van der Waals surface area contributed by atoms with Crippen molar-refractivity contribution in [2.45, 2.75) is 57.6 Å². The standard InChI is InChI=1S/C25H32N2O4/c1-19-11-10-16-23(31-19)27(25(29)30-18-21-14-8-5-9-15-21)22(24(28)26(2)3)17-20-12-6-4-7-13-20/h4-9,12-15,19,22-23H,10-11,16-18H2,1-3H3/t19-,22-,23-/m1/s1. The minimum atomic E-state index is -0.712. The fraction of sp³-hybridized carbons (Fsp3) is 0.440. The van der Waals surface area contributed by atoms with E-state index in [1.165, 1.54) is 9.80 Å². The van der Waals surface area contributed by atoms with Gasteiger partial charge in [-0.1, -0.05) is 60.7 Å². The predicted molar refractivity (Wildman–Crippen MR) is 119 cm³/mol. The number of likely N-dealkylation sites (N-methyl/N-ethyl adjacent to an activating group) is 1. The van der Waals surface area contributed by atoms with Crippen molar-refractivity contribution in [2.24, 2.45) is 0 Å². The zero-order chi connectivity index (χ0) is 22.2. The second-order valence-corrected chi connectivity index (χ2v) is 8.22. The predicted octanol–water partition coefficient (Wildman–Crippen LogP) is 4.24. The topological polar surface area (TPSA) is 59.1 Å². The summed E-state index contributed by atoms with van der Waals surface area (Å²) in [6.07, 6.45) is 1.94. The number of carbonyl (C=O) groups is 2. The van der Waals surface area contributed by atoms with Crippen LogP contribution in [0.1, 0.15) is 37.3 Å². The fourth-order valence-corrected chi connectivity index (χ4v) is 3.87. The van der Waals surface area contributed by atoms with Crippen molar-refractivity contribution < 1.29 is 19.1 Å². The highest BCUT2D eigenvalue weighted by atomic mass is 16.6. The molecule has 2 aromatic rings. The molecule has 0 N–H and O–H groups in total. The maximum absolute atomic E-state index is 13.3. The molecule has 1 saturated heterocycles. The molecule has 166 valence electrons. The van der Waals surface area contributed by atoms with Crippen LogP contribution in [0.25, 0.3) is 0 Å². The number of hydrogen-bond donors (Lipinski definition) is 0. The monoisotopic (exact) mass is 424 g/mol. The van der Waals surface area contributed by atoms with Crippen LogP contribution >= 0.6 is 0 Å². The zero-order valence-electron chi connectivity index (χ0n) is 18.6. The van der Waals surface area contributed by atoms with Gasteiger partial charge in [-0.05, 0) is 37.3 Å². The minimum absolute atomic E-state index is 0.0232. The lowest BCUT2D eigenvalue weighted by Crippen LogP contribution is -2.56. The number of ether oxygens (including phenoxy) is 2. The van der Waals surface area contributed by atoms with Gasteiger partial charge < -0.3 is 14.4 Å². The Hall–Kier alpha value is -2.86. The first-order valence-corrected chi connectivity index (χ1v) is 10.8. The summed E-state index contributed by atoms with van der Waals surface area (Å²) in [7, 11) is 3.41. The largest absolute Gasteiger partial charge is 0.444 e. The highest BCUT2D eigenvalue weighted by molar-refractivity contribution is 5.86. The molecule has 1 heterocycles. The first-order valence-electron chi connectivity index (χ1n) is 10.8. The van der Waals surface area contributed by atoms with Crippen LogP contribution < -0.4 is 0 Å². The van der Waals surface area contributed by atoms with Crippen LogP contribution in [0.3, 0.4) is 0 Å². The second-order valence-electron chi connectivity index (χ2n) is 8.22. The third-order valence-electron chi connectivity index (χ3n) is 5.51. The van der Waals surface area contributed by atoms with Gasteiger partial charge in [-0.3, -0.25) is 9.69 Å². The summed E-state index contributed by atoms with van der Waals surface area (Å²) in [6.45, 7) is 2.15. The fourth-order valence-electron chi connectivity index (χ4n) is 3.87. The summed E-state index contributed by atoms with van der Waals surface area (Å²) < 4.78 is 11.8. The van der Waals surface area contributed by atoms with Crippen LogP contribution in [0.2, 0.25) is 0 Å². The third-order valence-corrected chi connectivity index (χ3v) is 5.51. The van der Waals surface area contributed by atoms with Crippen LogP contribution in [0.4, 0.5) is 4.79 Å². The molecule has 0 aromatic heterocycles. The van der Waals surface area contributed by atoms with E-state index in [1.54, 1.807) is 14.1 Å². The molecule has 0 bridgehead atoms. The normalized spacial score (nSPS) is 19.3. The molecule has 2 aromatic carbocycles. The molecule has 2 amide bonds. The molecule has 0 radical (unpaired) electrons. The van der Waals surface area contributed by atoms with Crippen LogP contribution in [0, 0.1) is 0 Å². The molecule has 6 nitrogen and oxygen atoms in total. The Morgan fingerprint density at radius 3 is 2.19 bits per heavy atom. The van der Waals surface area contributed by atoms with E-state index in [4.69, 9.17) is 9.47 Å². The Kier molecular flexibility index (Phi) is 8.06. The van der Waals surface area contributed by atoms with Crippen LogP contribution in [-0.2, 0) is 27.3 Å². The number of benzene rings is 2. The molecule has 0 saturated carbocycles. The number of rotatable bonds is 7. The minimum Gasteiger partial charge on any atom is -0.444 e. The number of amides is 2. The first-order chi connectivity index (χ1) is 15.0. The van der Waals surface area contributed by atoms with E-state index in [1.807, 2.05) is 67.6 Å². The van der Waals surface area contributed by atoms with Gasteiger partial charge in [0.2, 0.25) is 5.91 Å². The third kappa shape index (κ3) is 6.31. The van der Waals surface area contributed by atoms with Gasteiger partial charge in [0, 0.05) is 20.5 Å². The molecular weight excluding hydrogens is 392 g/mol. The Balaban J connectivity index is 1.88. The van der Waals surface area contributed by atoms with Gasteiger partial charge in [-0.15, -0.1) is 0 Å². The summed E-state index contributed by atoms with van der Waals surface area (Å²) in [5, 5.41) is 0. The first kappa shape index (κ1) is 22.8. The van der Waals surface area contributed by atoms with Crippen LogP contribution in [0.15, 0.2) is 60.7 Å². The van der Waals surface area contributed by atoms with Crippen LogP contribution in [0.5, 0.6) is 0 Å². The van der Waals surface area contributed by atoms with Crippen molar-refractivity contribution in [1.29, 1.82) is 0 Å². The number of nitrogens with zero attached hydrogens (tertiary/aromatic N) is 2.